The SMILES string of the molecule is CC(C)(C)OC(=O)N1CCN(Cc2nc(C(=O)NC34CC5CC(CC(C5)C3)C4)n3ccccc23)CC(F)C1. The lowest BCUT2D eigenvalue weighted by Gasteiger charge is -2.56. The monoisotopic (exact) mass is 525 g/mol. The summed E-state index contributed by atoms with van der Waals surface area (Å²) in [5.41, 5.74) is 0.882. The predicted molar refractivity (Wildman–Crippen MR) is 142 cm³/mol. The van der Waals surface area contributed by atoms with E-state index < -0.39 is 17.9 Å². The summed E-state index contributed by atoms with van der Waals surface area (Å²) in [7, 11) is 0. The molecule has 0 spiro atoms. The number of rotatable bonds is 4. The van der Waals surface area contributed by atoms with Gasteiger partial charge in [-0.2, -0.15) is 0 Å². The van der Waals surface area contributed by atoms with Crippen molar-refractivity contribution in [2.45, 2.75) is 83.2 Å². The van der Waals surface area contributed by atoms with Gasteiger partial charge in [0.1, 0.15) is 11.8 Å². The molecule has 1 unspecified atom stereocenters. The Hall–Kier alpha value is -2.68. The molecule has 1 saturated heterocycles. The predicted octanol–water partition coefficient (Wildman–Crippen LogP) is 4.42. The van der Waals surface area contributed by atoms with Crippen LogP contribution in [0.2, 0.25) is 0 Å². The van der Waals surface area contributed by atoms with E-state index in [9.17, 15) is 14.0 Å². The summed E-state index contributed by atoms with van der Waals surface area (Å²) in [6, 6.07) is 5.80. The number of halogens is 1. The molecule has 0 radical (unpaired) electrons. The molecule has 5 aliphatic rings. The third-order valence-electron chi connectivity index (χ3n) is 8.83. The number of carbonyl (C=O) groups excluding carboxylic acids is 2. The number of fused-ring (bicyclic) bond motifs is 1. The molecular formula is C29H40FN5O3. The van der Waals surface area contributed by atoms with Crippen molar-refractivity contribution in [3.63, 3.8) is 0 Å². The van der Waals surface area contributed by atoms with Gasteiger partial charge >= 0.3 is 6.09 Å². The molecule has 38 heavy (non-hydrogen) atoms. The largest absolute Gasteiger partial charge is 0.444 e. The molecule has 3 heterocycles. The molecule has 9 heteroatoms. The number of amides is 2. The van der Waals surface area contributed by atoms with Crippen LogP contribution in [0, 0.1) is 17.8 Å². The zero-order valence-corrected chi connectivity index (χ0v) is 22.8. The van der Waals surface area contributed by atoms with Gasteiger partial charge in [0.05, 0.1) is 17.8 Å². The molecule has 4 bridgehead atoms. The molecule has 1 aliphatic heterocycles. The molecule has 206 valence electrons. The van der Waals surface area contributed by atoms with Gasteiger partial charge in [0, 0.05) is 37.9 Å². The fourth-order valence-electron chi connectivity index (χ4n) is 7.81. The van der Waals surface area contributed by atoms with Crippen LogP contribution in [0.3, 0.4) is 0 Å². The summed E-state index contributed by atoms with van der Waals surface area (Å²) < 4.78 is 22.2. The van der Waals surface area contributed by atoms with Crippen LogP contribution in [0.25, 0.3) is 5.52 Å². The average Bonchev–Trinajstić information content (AvgIpc) is 3.06. The summed E-state index contributed by atoms with van der Waals surface area (Å²) in [6.07, 6.45) is 7.41. The molecular weight excluding hydrogens is 485 g/mol. The van der Waals surface area contributed by atoms with Gasteiger partial charge in [-0.3, -0.25) is 14.1 Å². The number of hydrogen-bond donors (Lipinski definition) is 1. The van der Waals surface area contributed by atoms with Gasteiger partial charge in [-0.05, 0) is 89.2 Å². The van der Waals surface area contributed by atoms with Gasteiger partial charge in [-0.15, -0.1) is 0 Å². The fraction of sp³-hybridized carbons (Fsp3) is 0.690. The highest BCUT2D eigenvalue weighted by atomic mass is 19.1. The Bertz CT molecular complexity index is 1190. The Kier molecular flexibility index (Phi) is 6.40. The quantitative estimate of drug-likeness (QED) is 0.639. The molecule has 1 atom stereocenters. The van der Waals surface area contributed by atoms with E-state index in [0.29, 0.717) is 25.5 Å². The number of hydrogen-bond acceptors (Lipinski definition) is 5. The number of pyridine rings is 1. The van der Waals surface area contributed by atoms with Crippen molar-refractivity contribution in [2.75, 3.05) is 26.2 Å². The first kappa shape index (κ1) is 25.6. The minimum Gasteiger partial charge on any atom is -0.444 e. The molecule has 1 N–H and O–H groups in total. The first-order chi connectivity index (χ1) is 18.1. The zero-order valence-electron chi connectivity index (χ0n) is 22.8. The lowest BCUT2D eigenvalue weighted by molar-refractivity contribution is -0.0169. The third kappa shape index (κ3) is 5.14. The number of carbonyl (C=O) groups is 2. The molecule has 5 fully saturated rings. The maximum Gasteiger partial charge on any atom is 0.410 e. The lowest BCUT2D eigenvalue weighted by atomic mass is 9.53. The fourth-order valence-corrected chi connectivity index (χ4v) is 7.81. The van der Waals surface area contributed by atoms with Crippen molar-refractivity contribution in [2.24, 2.45) is 17.8 Å². The van der Waals surface area contributed by atoms with Crippen molar-refractivity contribution in [1.29, 1.82) is 0 Å². The maximum atomic E-state index is 14.9. The lowest BCUT2D eigenvalue weighted by Crippen LogP contribution is -2.60. The van der Waals surface area contributed by atoms with Crippen LogP contribution >= 0.6 is 0 Å². The summed E-state index contributed by atoms with van der Waals surface area (Å²) in [5.74, 6) is 2.51. The molecule has 2 aromatic rings. The van der Waals surface area contributed by atoms with E-state index in [4.69, 9.17) is 9.72 Å². The number of alkyl halides is 1. The van der Waals surface area contributed by atoms with Gasteiger partial charge in [-0.1, -0.05) is 6.07 Å². The van der Waals surface area contributed by atoms with Crippen LogP contribution in [-0.4, -0.2) is 74.7 Å². The van der Waals surface area contributed by atoms with E-state index in [0.717, 1.165) is 48.2 Å². The van der Waals surface area contributed by atoms with Crippen LogP contribution in [0.1, 0.15) is 75.6 Å². The van der Waals surface area contributed by atoms with Crippen LogP contribution < -0.4 is 5.32 Å². The van der Waals surface area contributed by atoms with E-state index in [-0.39, 0.29) is 24.5 Å². The van der Waals surface area contributed by atoms with Gasteiger partial charge in [-0.25, -0.2) is 14.2 Å². The molecule has 8 nitrogen and oxygen atoms in total. The topological polar surface area (TPSA) is 79.2 Å². The second kappa shape index (κ2) is 9.50. The van der Waals surface area contributed by atoms with E-state index in [1.54, 1.807) is 0 Å². The number of aromatic nitrogens is 2. The molecule has 4 aliphatic carbocycles. The number of nitrogens with zero attached hydrogens (tertiary/aromatic N) is 4. The van der Waals surface area contributed by atoms with Gasteiger partial charge < -0.3 is 15.0 Å². The molecule has 7 rings (SSSR count). The van der Waals surface area contributed by atoms with E-state index in [2.05, 4.69) is 5.32 Å². The maximum absolute atomic E-state index is 14.9. The van der Waals surface area contributed by atoms with E-state index in [1.165, 1.54) is 24.2 Å². The smallest absolute Gasteiger partial charge is 0.410 e. The third-order valence-corrected chi connectivity index (χ3v) is 8.83. The van der Waals surface area contributed by atoms with Gasteiger partial charge in [0.2, 0.25) is 5.82 Å². The second-order valence-electron chi connectivity index (χ2n) is 13.2. The van der Waals surface area contributed by atoms with Crippen LogP contribution in [-0.2, 0) is 11.3 Å². The van der Waals surface area contributed by atoms with Crippen LogP contribution in [0.4, 0.5) is 9.18 Å². The van der Waals surface area contributed by atoms with Gasteiger partial charge in [0.15, 0.2) is 0 Å². The summed E-state index contributed by atoms with van der Waals surface area (Å²) >= 11 is 0. The summed E-state index contributed by atoms with van der Waals surface area (Å²) in [4.78, 5) is 34.5. The summed E-state index contributed by atoms with van der Waals surface area (Å²) in [5, 5.41) is 3.45. The van der Waals surface area contributed by atoms with E-state index >= 15 is 0 Å². The molecule has 2 amide bonds. The van der Waals surface area contributed by atoms with Crippen molar-refractivity contribution in [1.82, 2.24) is 24.5 Å². The highest BCUT2D eigenvalue weighted by Crippen LogP contribution is 2.55. The molecule has 0 aromatic carbocycles. The summed E-state index contributed by atoms with van der Waals surface area (Å²) in [6.45, 7) is 6.91. The zero-order chi connectivity index (χ0) is 26.7. The minimum atomic E-state index is -1.20. The second-order valence-corrected chi connectivity index (χ2v) is 13.2. The minimum absolute atomic E-state index is 0.00801. The Morgan fingerprint density at radius 1 is 1.08 bits per heavy atom. The highest BCUT2D eigenvalue weighted by molar-refractivity contribution is 5.92. The van der Waals surface area contributed by atoms with Crippen molar-refractivity contribution in [3.05, 3.63) is 35.9 Å². The molecule has 4 saturated carbocycles. The first-order valence-electron chi connectivity index (χ1n) is 14.2. The Morgan fingerprint density at radius 3 is 2.42 bits per heavy atom. The van der Waals surface area contributed by atoms with Crippen molar-refractivity contribution in [3.8, 4) is 0 Å². The van der Waals surface area contributed by atoms with Crippen molar-refractivity contribution < 1.29 is 18.7 Å². The number of imidazole rings is 1. The normalized spacial score (nSPS) is 31.4. The van der Waals surface area contributed by atoms with Crippen LogP contribution in [0.5, 0.6) is 0 Å². The van der Waals surface area contributed by atoms with E-state index in [1.807, 2.05) is 54.5 Å². The Labute approximate surface area is 223 Å². The number of nitrogens with one attached hydrogen (secondary N) is 1. The number of ether oxygens (including phenoxy) is 1. The van der Waals surface area contributed by atoms with Crippen molar-refractivity contribution >= 4 is 17.5 Å². The standard InChI is InChI=1S/C29H40FN5O3/c1-28(2,3)38-27(37)34-9-8-33(16-22(30)17-34)18-23-24-6-4-5-7-35(24)25(31-23)26(36)32-29-13-19-10-20(14-29)12-21(11-19)15-29/h4-7,19-22H,8-18H2,1-3H3,(H,32,36). The Morgan fingerprint density at radius 2 is 1.76 bits per heavy atom. The highest BCUT2D eigenvalue weighted by Gasteiger charge is 2.51. The average molecular weight is 526 g/mol. The first-order valence-corrected chi connectivity index (χ1v) is 14.2. The Balaban J connectivity index is 1.18. The van der Waals surface area contributed by atoms with Gasteiger partial charge in [0.25, 0.3) is 5.91 Å². The molecule has 2 aromatic heterocycles. The van der Waals surface area contributed by atoms with Crippen LogP contribution in [0.15, 0.2) is 24.4 Å².